The molecule has 0 radical (unpaired) electrons. The molecule has 1 atom stereocenters. The number of hydrogen-bond acceptors (Lipinski definition) is 4. The summed E-state index contributed by atoms with van der Waals surface area (Å²) in [5.74, 6) is 0.751. The Morgan fingerprint density at radius 3 is 2.35 bits per heavy atom. The predicted molar refractivity (Wildman–Crippen MR) is 76.1 cm³/mol. The second-order valence-corrected chi connectivity index (χ2v) is 4.13. The molecule has 0 saturated carbocycles. The molecule has 2 rings (SSSR count). The molecule has 20 heavy (non-hydrogen) atoms. The SMILES string of the molecule is COc1ccc(NC(C#N)c2ccccc2C#N)cc1. The second-order valence-electron chi connectivity index (χ2n) is 4.13. The van der Waals surface area contributed by atoms with Crippen LogP contribution in [0.15, 0.2) is 48.5 Å². The highest BCUT2D eigenvalue weighted by Crippen LogP contribution is 2.23. The summed E-state index contributed by atoms with van der Waals surface area (Å²) >= 11 is 0. The fraction of sp³-hybridized carbons (Fsp3) is 0.125. The summed E-state index contributed by atoms with van der Waals surface area (Å²) in [6.45, 7) is 0. The van der Waals surface area contributed by atoms with Crippen LogP contribution in [0, 0.1) is 22.7 Å². The minimum absolute atomic E-state index is 0.500. The summed E-state index contributed by atoms with van der Waals surface area (Å²) in [6, 6.07) is 18.1. The summed E-state index contributed by atoms with van der Waals surface area (Å²) in [5.41, 5.74) is 1.97. The van der Waals surface area contributed by atoms with Crippen molar-refractivity contribution in [3.05, 3.63) is 59.7 Å². The zero-order valence-corrected chi connectivity index (χ0v) is 11.0. The number of rotatable bonds is 4. The minimum atomic E-state index is -0.570. The molecular formula is C16H13N3O. The first-order chi connectivity index (χ1) is 9.78. The van der Waals surface area contributed by atoms with Gasteiger partial charge in [-0.15, -0.1) is 0 Å². The quantitative estimate of drug-likeness (QED) is 0.919. The van der Waals surface area contributed by atoms with E-state index < -0.39 is 6.04 Å². The van der Waals surface area contributed by atoms with Crippen molar-refractivity contribution in [1.82, 2.24) is 0 Å². The molecular weight excluding hydrogens is 250 g/mol. The van der Waals surface area contributed by atoms with Crippen molar-refractivity contribution >= 4 is 5.69 Å². The maximum atomic E-state index is 9.31. The second kappa shape index (κ2) is 6.26. The van der Waals surface area contributed by atoms with Gasteiger partial charge in [-0.25, -0.2) is 0 Å². The average Bonchev–Trinajstić information content (AvgIpc) is 2.53. The zero-order valence-electron chi connectivity index (χ0n) is 11.0. The van der Waals surface area contributed by atoms with Crippen LogP contribution >= 0.6 is 0 Å². The van der Waals surface area contributed by atoms with Gasteiger partial charge in [0.15, 0.2) is 0 Å². The Labute approximate surface area is 117 Å². The van der Waals surface area contributed by atoms with E-state index in [2.05, 4.69) is 17.5 Å². The molecule has 0 aliphatic rings. The smallest absolute Gasteiger partial charge is 0.141 e. The number of nitrogens with one attached hydrogen (secondary N) is 1. The van der Waals surface area contributed by atoms with E-state index in [1.807, 2.05) is 30.3 Å². The van der Waals surface area contributed by atoms with E-state index >= 15 is 0 Å². The molecule has 1 unspecified atom stereocenters. The van der Waals surface area contributed by atoms with E-state index in [9.17, 15) is 5.26 Å². The van der Waals surface area contributed by atoms with E-state index in [0.29, 0.717) is 11.1 Å². The predicted octanol–water partition coefficient (Wildman–Crippen LogP) is 3.24. The molecule has 0 spiro atoms. The summed E-state index contributed by atoms with van der Waals surface area (Å²) < 4.78 is 5.09. The van der Waals surface area contributed by atoms with Crippen molar-refractivity contribution < 1.29 is 4.74 Å². The summed E-state index contributed by atoms with van der Waals surface area (Å²) in [5, 5.41) is 21.5. The van der Waals surface area contributed by atoms with Gasteiger partial charge in [0, 0.05) is 11.3 Å². The Hall–Kier alpha value is -2.98. The monoisotopic (exact) mass is 263 g/mol. The lowest BCUT2D eigenvalue weighted by atomic mass is 10.0. The van der Waals surface area contributed by atoms with Gasteiger partial charge in [0.25, 0.3) is 0 Å². The third-order valence-corrected chi connectivity index (χ3v) is 2.92. The number of nitrogens with zero attached hydrogens (tertiary/aromatic N) is 2. The first-order valence-corrected chi connectivity index (χ1v) is 6.07. The fourth-order valence-corrected chi connectivity index (χ4v) is 1.88. The Morgan fingerprint density at radius 2 is 1.75 bits per heavy atom. The molecule has 2 aromatic carbocycles. The Bertz CT molecular complexity index is 665. The van der Waals surface area contributed by atoms with Crippen LogP contribution in [-0.4, -0.2) is 7.11 Å². The molecule has 0 aromatic heterocycles. The Kier molecular flexibility index (Phi) is 4.21. The lowest BCUT2D eigenvalue weighted by Crippen LogP contribution is -2.10. The van der Waals surface area contributed by atoms with Crippen molar-refractivity contribution in [2.24, 2.45) is 0 Å². The number of anilines is 1. The molecule has 0 amide bonds. The summed E-state index contributed by atoms with van der Waals surface area (Å²) in [4.78, 5) is 0. The normalized spacial score (nSPS) is 10.9. The van der Waals surface area contributed by atoms with Gasteiger partial charge in [-0.05, 0) is 30.3 Å². The topological polar surface area (TPSA) is 68.8 Å². The minimum Gasteiger partial charge on any atom is -0.497 e. The molecule has 2 aromatic rings. The third kappa shape index (κ3) is 2.88. The number of benzene rings is 2. The Morgan fingerprint density at radius 1 is 1.05 bits per heavy atom. The van der Waals surface area contributed by atoms with Gasteiger partial charge in [-0.2, -0.15) is 10.5 Å². The largest absolute Gasteiger partial charge is 0.497 e. The van der Waals surface area contributed by atoms with E-state index in [1.54, 1.807) is 25.3 Å². The summed E-state index contributed by atoms with van der Waals surface area (Å²) in [7, 11) is 1.60. The van der Waals surface area contributed by atoms with E-state index in [4.69, 9.17) is 10.00 Å². The molecule has 0 fully saturated rings. The molecule has 0 saturated heterocycles. The van der Waals surface area contributed by atoms with Gasteiger partial charge in [-0.3, -0.25) is 0 Å². The molecule has 0 bridgehead atoms. The molecule has 0 aliphatic carbocycles. The lowest BCUT2D eigenvalue weighted by Gasteiger charge is -2.14. The van der Waals surface area contributed by atoms with Gasteiger partial charge in [0.05, 0.1) is 24.8 Å². The number of nitriles is 2. The van der Waals surface area contributed by atoms with Crippen molar-refractivity contribution in [3.63, 3.8) is 0 Å². The molecule has 98 valence electrons. The third-order valence-electron chi connectivity index (χ3n) is 2.92. The van der Waals surface area contributed by atoms with Gasteiger partial charge in [0.2, 0.25) is 0 Å². The first-order valence-electron chi connectivity index (χ1n) is 6.07. The molecule has 1 N–H and O–H groups in total. The van der Waals surface area contributed by atoms with E-state index in [-0.39, 0.29) is 0 Å². The van der Waals surface area contributed by atoms with Gasteiger partial charge >= 0.3 is 0 Å². The molecule has 0 heterocycles. The van der Waals surface area contributed by atoms with Crippen LogP contribution in [0.2, 0.25) is 0 Å². The number of ether oxygens (including phenoxy) is 1. The van der Waals surface area contributed by atoms with Crippen LogP contribution in [0.3, 0.4) is 0 Å². The van der Waals surface area contributed by atoms with Crippen LogP contribution in [-0.2, 0) is 0 Å². The Balaban J connectivity index is 2.25. The van der Waals surface area contributed by atoms with Crippen LogP contribution < -0.4 is 10.1 Å². The maximum Gasteiger partial charge on any atom is 0.141 e. The molecule has 4 nitrogen and oxygen atoms in total. The molecule has 0 aliphatic heterocycles. The highest BCUT2D eigenvalue weighted by Gasteiger charge is 2.14. The number of methoxy groups -OCH3 is 1. The molecule has 4 heteroatoms. The average molecular weight is 263 g/mol. The van der Waals surface area contributed by atoms with Gasteiger partial charge in [-0.1, -0.05) is 18.2 Å². The van der Waals surface area contributed by atoms with Crippen LogP contribution in [0.25, 0.3) is 0 Å². The highest BCUT2D eigenvalue weighted by molar-refractivity contribution is 5.52. The van der Waals surface area contributed by atoms with Gasteiger partial charge < -0.3 is 10.1 Å². The summed E-state index contributed by atoms with van der Waals surface area (Å²) in [6.07, 6.45) is 0. The number of hydrogen-bond donors (Lipinski definition) is 1. The highest BCUT2D eigenvalue weighted by atomic mass is 16.5. The fourth-order valence-electron chi connectivity index (χ4n) is 1.88. The van der Waals surface area contributed by atoms with Gasteiger partial charge in [0.1, 0.15) is 11.8 Å². The van der Waals surface area contributed by atoms with Crippen LogP contribution in [0.1, 0.15) is 17.2 Å². The van der Waals surface area contributed by atoms with Crippen molar-refractivity contribution in [1.29, 1.82) is 10.5 Å². The van der Waals surface area contributed by atoms with E-state index in [1.165, 1.54) is 0 Å². The van der Waals surface area contributed by atoms with Crippen molar-refractivity contribution in [2.45, 2.75) is 6.04 Å². The van der Waals surface area contributed by atoms with Crippen LogP contribution in [0.5, 0.6) is 5.75 Å². The van der Waals surface area contributed by atoms with E-state index in [0.717, 1.165) is 11.4 Å². The maximum absolute atomic E-state index is 9.31. The van der Waals surface area contributed by atoms with Crippen molar-refractivity contribution in [3.8, 4) is 17.9 Å². The lowest BCUT2D eigenvalue weighted by molar-refractivity contribution is 0.415. The van der Waals surface area contributed by atoms with Crippen LogP contribution in [0.4, 0.5) is 5.69 Å². The van der Waals surface area contributed by atoms with Crippen molar-refractivity contribution in [2.75, 3.05) is 12.4 Å². The standard InChI is InChI=1S/C16H13N3O/c1-20-14-8-6-13(7-9-14)19-16(11-18)15-5-3-2-4-12(15)10-17/h2-9,16,19H,1H3. The zero-order chi connectivity index (χ0) is 14.4. The first kappa shape index (κ1) is 13.5.